The molecule has 1 amide bonds. The Labute approximate surface area is 108 Å². The Morgan fingerprint density at radius 1 is 1.56 bits per heavy atom. The first-order valence-electron chi connectivity index (χ1n) is 5.08. The first kappa shape index (κ1) is 11.9. The van der Waals surface area contributed by atoms with Gasteiger partial charge in [0.05, 0.1) is 5.56 Å². The molecular weight excluding hydrogens is 291 g/mol. The number of hydrogen-bond donors (Lipinski definition) is 1. The highest BCUT2D eigenvalue weighted by molar-refractivity contribution is 9.10. The van der Waals surface area contributed by atoms with Gasteiger partial charge >= 0.3 is 0 Å². The molecule has 16 heavy (non-hydrogen) atoms. The number of carbonyl (C=O) groups is 1. The van der Waals surface area contributed by atoms with Crippen molar-refractivity contribution in [3.8, 4) is 0 Å². The Morgan fingerprint density at radius 2 is 2.31 bits per heavy atom. The van der Waals surface area contributed by atoms with Crippen LogP contribution in [0, 0.1) is 0 Å². The summed E-state index contributed by atoms with van der Waals surface area (Å²) in [5, 5.41) is 0.613. The van der Waals surface area contributed by atoms with Crippen molar-refractivity contribution in [2.45, 2.75) is 12.5 Å². The molecule has 0 bridgehead atoms. The van der Waals surface area contributed by atoms with Gasteiger partial charge in [-0.1, -0.05) is 11.6 Å². The van der Waals surface area contributed by atoms with Gasteiger partial charge in [-0.05, 0) is 40.5 Å². The number of likely N-dealkylation sites (tertiary alicyclic amines) is 1. The van der Waals surface area contributed by atoms with Crippen LogP contribution in [0.15, 0.2) is 22.7 Å². The molecule has 1 saturated heterocycles. The van der Waals surface area contributed by atoms with Crippen LogP contribution >= 0.6 is 27.5 Å². The summed E-state index contributed by atoms with van der Waals surface area (Å²) in [6, 6.07) is 5.29. The van der Waals surface area contributed by atoms with Crippen LogP contribution in [-0.4, -0.2) is 29.9 Å². The molecule has 2 rings (SSSR count). The van der Waals surface area contributed by atoms with Crippen molar-refractivity contribution in [2.24, 2.45) is 5.73 Å². The fraction of sp³-hybridized carbons (Fsp3) is 0.364. The molecule has 86 valence electrons. The second kappa shape index (κ2) is 4.73. The van der Waals surface area contributed by atoms with Gasteiger partial charge in [0.1, 0.15) is 0 Å². The predicted octanol–water partition coefficient (Wildman–Crippen LogP) is 2.28. The highest BCUT2D eigenvalue weighted by Crippen LogP contribution is 2.24. The van der Waals surface area contributed by atoms with Crippen molar-refractivity contribution in [1.82, 2.24) is 4.90 Å². The first-order chi connectivity index (χ1) is 7.58. The molecule has 3 nitrogen and oxygen atoms in total. The van der Waals surface area contributed by atoms with Gasteiger partial charge in [0, 0.05) is 28.6 Å². The van der Waals surface area contributed by atoms with Gasteiger partial charge in [-0.2, -0.15) is 0 Å². The van der Waals surface area contributed by atoms with Gasteiger partial charge in [-0.25, -0.2) is 0 Å². The molecular formula is C11H12BrClN2O. The largest absolute Gasteiger partial charge is 0.337 e. The fourth-order valence-electron chi connectivity index (χ4n) is 1.81. The monoisotopic (exact) mass is 302 g/mol. The first-order valence-corrected chi connectivity index (χ1v) is 6.25. The van der Waals surface area contributed by atoms with Crippen LogP contribution in [0.3, 0.4) is 0 Å². The highest BCUT2D eigenvalue weighted by atomic mass is 79.9. The normalized spacial score (nSPS) is 20.2. The average molecular weight is 304 g/mol. The lowest BCUT2D eigenvalue weighted by atomic mass is 10.2. The number of hydrogen-bond acceptors (Lipinski definition) is 2. The molecule has 1 aromatic carbocycles. The third-order valence-corrected chi connectivity index (χ3v) is 3.56. The Hall–Kier alpha value is -0.580. The number of carbonyl (C=O) groups excluding carboxylic acids is 1. The summed E-state index contributed by atoms with van der Waals surface area (Å²) in [7, 11) is 0. The molecule has 0 saturated carbocycles. The minimum absolute atomic E-state index is 0.0106. The molecule has 0 aliphatic carbocycles. The summed E-state index contributed by atoms with van der Waals surface area (Å²) < 4.78 is 0.727. The van der Waals surface area contributed by atoms with Crippen LogP contribution in [-0.2, 0) is 0 Å². The van der Waals surface area contributed by atoms with Gasteiger partial charge in [0.2, 0.25) is 0 Å². The molecule has 1 heterocycles. The predicted molar refractivity (Wildman–Crippen MR) is 67.6 cm³/mol. The van der Waals surface area contributed by atoms with Gasteiger partial charge in [0.15, 0.2) is 0 Å². The molecule has 0 radical (unpaired) electrons. The molecule has 1 aliphatic heterocycles. The summed E-state index contributed by atoms with van der Waals surface area (Å²) in [5.41, 5.74) is 6.41. The van der Waals surface area contributed by atoms with Crippen molar-refractivity contribution < 1.29 is 4.79 Å². The minimum atomic E-state index is 0.0106. The summed E-state index contributed by atoms with van der Waals surface area (Å²) >= 11 is 9.18. The van der Waals surface area contributed by atoms with Gasteiger partial charge in [-0.15, -0.1) is 0 Å². The molecule has 5 heteroatoms. The summed E-state index contributed by atoms with van der Waals surface area (Å²) in [5.74, 6) is 0.0106. The van der Waals surface area contributed by atoms with Crippen molar-refractivity contribution in [3.63, 3.8) is 0 Å². The van der Waals surface area contributed by atoms with Crippen molar-refractivity contribution >= 4 is 33.4 Å². The molecule has 1 atom stereocenters. The van der Waals surface area contributed by atoms with E-state index in [9.17, 15) is 4.79 Å². The van der Waals surface area contributed by atoms with E-state index < -0.39 is 0 Å². The SMILES string of the molecule is NC1CCN(C(=O)c2ccc(Cl)cc2Br)C1. The fourth-order valence-corrected chi connectivity index (χ4v) is 2.66. The number of amides is 1. The Balaban J connectivity index is 2.21. The maximum Gasteiger partial charge on any atom is 0.255 e. The smallest absolute Gasteiger partial charge is 0.255 e. The van der Waals surface area contributed by atoms with Gasteiger partial charge < -0.3 is 10.6 Å². The van der Waals surface area contributed by atoms with E-state index in [1.807, 2.05) is 0 Å². The summed E-state index contributed by atoms with van der Waals surface area (Å²) in [4.78, 5) is 13.9. The number of nitrogens with two attached hydrogens (primary N) is 1. The van der Waals surface area contributed by atoms with E-state index in [0.29, 0.717) is 17.1 Å². The molecule has 1 fully saturated rings. The second-order valence-corrected chi connectivity index (χ2v) is 5.21. The quantitative estimate of drug-likeness (QED) is 0.865. The average Bonchev–Trinajstić information content (AvgIpc) is 2.64. The molecule has 1 aromatic rings. The Kier molecular flexibility index (Phi) is 3.52. The molecule has 2 N–H and O–H groups in total. The zero-order chi connectivity index (χ0) is 11.7. The molecule has 0 aromatic heterocycles. The standard InChI is InChI=1S/C11H12BrClN2O/c12-10-5-7(13)1-2-9(10)11(16)15-4-3-8(14)6-15/h1-2,5,8H,3-4,6,14H2. The lowest BCUT2D eigenvalue weighted by Gasteiger charge is -2.16. The number of benzene rings is 1. The van der Waals surface area contributed by atoms with Crippen molar-refractivity contribution in [1.29, 1.82) is 0 Å². The maximum absolute atomic E-state index is 12.1. The lowest BCUT2D eigenvalue weighted by Crippen LogP contribution is -2.32. The molecule has 1 unspecified atom stereocenters. The number of nitrogens with zero attached hydrogens (tertiary/aromatic N) is 1. The second-order valence-electron chi connectivity index (χ2n) is 3.92. The highest BCUT2D eigenvalue weighted by Gasteiger charge is 2.25. The van der Waals surface area contributed by atoms with Crippen molar-refractivity contribution in [2.75, 3.05) is 13.1 Å². The zero-order valence-electron chi connectivity index (χ0n) is 8.62. The van der Waals surface area contributed by atoms with E-state index >= 15 is 0 Å². The van der Waals surface area contributed by atoms with E-state index in [1.165, 1.54) is 0 Å². The topological polar surface area (TPSA) is 46.3 Å². The Bertz CT molecular complexity index is 424. The zero-order valence-corrected chi connectivity index (χ0v) is 11.0. The summed E-state index contributed by atoms with van der Waals surface area (Å²) in [6.07, 6.45) is 0.872. The maximum atomic E-state index is 12.1. The van der Waals surface area contributed by atoms with E-state index in [-0.39, 0.29) is 11.9 Å². The van der Waals surface area contributed by atoms with Crippen LogP contribution in [0.1, 0.15) is 16.8 Å². The van der Waals surface area contributed by atoms with E-state index in [0.717, 1.165) is 17.4 Å². The summed E-state index contributed by atoms with van der Waals surface area (Å²) in [6.45, 7) is 1.36. The van der Waals surface area contributed by atoms with E-state index in [1.54, 1.807) is 23.1 Å². The van der Waals surface area contributed by atoms with Gasteiger partial charge in [0.25, 0.3) is 5.91 Å². The number of halogens is 2. The van der Waals surface area contributed by atoms with Crippen LogP contribution in [0.25, 0.3) is 0 Å². The van der Waals surface area contributed by atoms with Crippen LogP contribution in [0.5, 0.6) is 0 Å². The van der Waals surface area contributed by atoms with Crippen LogP contribution in [0.2, 0.25) is 5.02 Å². The van der Waals surface area contributed by atoms with Gasteiger partial charge in [-0.3, -0.25) is 4.79 Å². The van der Waals surface area contributed by atoms with Crippen LogP contribution < -0.4 is 5.73 Å². The third-order valence-electron chi connectivity index (χ3n) is 2.67. The van der Waals surface area contributed by atoms with E-state index in [4.69, 9.17) is 17.3 Å². The van der Waals surface area contributed by atoms with E-state index in [2.05, 4.69) is 15.9 Å². The van der Waals surface area contributed by atoms with Crippen LogP contribution in [0.4, 0.5) is 0 Å². The van der Waals surface area contributed by atoms with Crippen molar-refractivity contribution in [3.05, 3.63) is 33.3 Å². The molecule has 1 aliphatic rings. The third kappa shape index (κ3) is 2.39. The minimum Gasteiger partial charge on any atom is -0.337 e. The number of rotatable bonds is 1. The lowest BCUT2D eigenvalue weighted by molar-refractivity contribution is 0.0790. The molecule has 0 spiro atoms. The Morgan fingerprint density at radius 3 is 2.88 bits per heavy atom.